The van der Waals surface area contributed by atoms with Gasteiger partial charge in [0, 0.05) is 30.2 Å². The van der Waals surface area contributed by atoms with Gasteiger partial charge in [0.15, 0.2) is 0 Å². The summed E-state index contributed by atoms with van der Waals surface area (Å²) >= 11 is 8.07. The number of halogens is 1. The molecule has 0 saturated carbocycles. The number of benzene rings is 1. The molecule has 0 fully saturated rings. The number of rotatable bonds is 8. The van der Waals surface area contributed by atoms with E-state index in [0.717, 1.165) is 25.1 Å². The lowest BCUT2D eigenvalue weighted by atomic mass is 10.2. The summed E-state index contributed by atoms with van der Waals surface area (Å²) in [5.74, 6) is 0.324. The van der Waals surface area contributed by atoms with E-state index >= 15 is 0 Å². The number of primary amides is 1. The van der Waals surface area contributed by atoms with Crippen molar-refractivity contribution in [3.8, 4) is 11.6 Å². The Hall–Kier alpha value is -2.41. The van der Waals surface area contributed by atoms with Gasteiger partial charge < -0.3 is 15.8 Å². The molecule has 0 atom stereocenters. The van der Waals surface area contributed by atoms with E-state index in [1.165, 1.54) is 11.1 Å². The Morgan fingerprint density at radius 3 is 2.81 bits per heavy atom. The number of hydrogen-bond donors (Lipinski definition) is 2. The van der Waals surface area contributed by atoms with Crippen LogP contribution in [0.1, 0.15) is 20.8 Å². The fraction of sp³-hybridized carbons (Fsp3) is 0.158. The number of amides is 1. The second kappa shape index (κ2) is 8.80. The molecule has 0 aliphatic rings. The van der Waals surface area contributed by atoms with Crippen LogP contribution in [0, 0.1) is 0 Å². The number of nitrogens with zero attached hydrogens (tertiary/aromatic N) is 1. The smallest absolute Gasteiger partial charge is 0.250 e. The molecule has 0 aliphatic heterocycles. The number of pyridine rings is 1. The molecule has 3 aromatic rings. The van der Waals surface area contributed by atoms with Gasteiger partial charge in [0.25, 0.3) is 0 Å². The first-order chi connectivity index (χ1) is 12.6. The van der Waals surface area contributed by atoms with Crippen LogP contribution in [0.2, 0.25) is 5.02 Å². The first-order valence-corrected chi connectivity index (χ1v) is 9.33. The highest BCUT2D eigenvalue weighted by atomic mass is 35.5. The minimum absolute atomic E-state index is 0.326. The number of carbonyl (C=O) groups is 1. The quantitative estimate of drug-likeness (QED) is 0.572. The van der Waals surface area contributed by atoms with Crippen LogP contribution in [0.25, 0.3) is 0 Å². The predicted molar refractivity (Wildman–Crippen MR) is 104 cm³/mol. The highest BCUT2D eigenvalue weighted by Crippen LogP contribution is 2.29. The largest absolute Gasteiger partial charge is 0.437 e. The molecule has 3 rings (SSSR count). The standard InChI is InChI=1S/C19H18ClN3O2S/c20-16-10-13(11-22-8-7-15-2-1-9-26-15)3-5-17(16)25-18-6-4-14(12-23-18)19(21)24/h1-6,9-10,12,22H,7-8,11H2,(H2,21,24). The van der Waals surface area contributed by atoms with E-state index in [-0.39, 0.29) is 0 Å². The van der Waals surface area contributed by atoms with Crippen molar-refractivity contribution in [1.29, 1.82) is 0 Å². The molecular weight excluding hydrogens is 370 g/mol. The maximum atomic E-state index is 11.1. The molecule has 0 unspecified atom stereocenters. The Balaban J connectivity index is 1.54. The van der Waals surface area contributed by atoms with Crippen LogP contribution in [0.5, 0.6) is 11.6 Å². The number of ether oxygens (including phenoxy) is 1. The van der Waals surface area contributed by atoms with Gasteiger partial charge in [0.2, 0.25) is 11.8 Å². The molecule has 0 saturated heterocycles. The second-order valence-electron chi connectivity index (χ2n) is 5.62. The van der Waals surface area contributed by atoms with Gasteiger partial charge in [-0.3, -0.25) is 4.79 Å². The minimum Gasteiger partial charge on any atom is -0.437 e. The van der Waals surface area contributed by atoms with Crippen molar-refractivity contribution >= 4 is 28.8 Å². The summed E-state index contributed by atoms with van der Waals surface area (Å²) in [6.07, 6.45) is 2.39. The highest BCUT2D eigenvalue weighted by molar-refractivity contribution is 7.09. The topological polar surface area (TPSA) is 77.2 Å². The number of nitrogens with one attached hydrogen (secondary N) is 1. The molecule has 0 radical (unpaired) electrons. The molecule has 26 heavy (non-hydrogen) atoms. The van der Waals surface area contributed by atoms with E-state index in [4.69, 9.17) is 22.1 Å². The zero-order chi connectivity index (χ0) is 18.4. The monoisotopic (exact) mass is 387 g/mol. The first-order valence-electron chi connectivity index (χ1n) is 8.07. The van der Waals surface area contributed by atoms with Crippen molar-refractivity contribution in [2.45, 2.75) is 13.0 Å². The maximum Gasteiger partial charge on any atom is 0.250 e. The zero-order valence-electron chi connectivity index (χ0n) is 13.9. The van der Waals surface area contributed by atoms with Gasteiger partial charge in [0.05, 0.1) is 10.6 Å². The van der Waals surface area contributed by atoms with Gasteiger partial charge in [-0.15, -0.1) is 11.3 Å². The van der Waals surface area contributed by atoms with Crippen LogP contribution < -0.4 is 15.8 Å². The molecule has 0 spiro atoms. The highest BCUT2D eigenvalue weighted by Gasteiger charge is 2.07. The van der Waals surface area contributed by atoms with E-state index < -0.39 is 5.91 Å². The number of thiophene rings is 1. The van der Waals surface area contributed by atoms with E-state index in [2.05, 4.69) is 27.8 Å². The Bertz CT molecular complexity index is 867. The van der Waals surface area contributed by atoms with Crippen LogP contribution in [-0.4, -0.2) is 17.4 Å². The average molecular weight is 388 g/mol. The van der Waals surface area contributed by atoms with Gasteiger partial charge in [0.1, 0.15) is 5.75 Å². The van der Waals surface area contributed by atoms with Gasteiger partial charge >= 0.3 is 0 Å². The third kappa shape index (κ3) is 5.05. The van der Waals surface area contributed by atoms with Crippen molar-refractivity contribution in [2.24, 2.45) is 5.73 Å². The van der Waals surface area contributed by atoms with Crippen molar-refractivity contribution in [2.75, 3.05) is 6.54 Å². The summed E-state index contributed by atoms with van der Waals surface area (Å²) < 4.78 is 5.66. The molecule has 134 valence electrons. The van der Waals surface area contributed by atoms with Crippen LogP contribution in [-0.2, 0) is 13.0 Å². The van der Waals surface area contributed by atoms with Crippen LogP contribution in [0.4, 0.5) is 0 Å². The van der Waals surface area contributed by atoms with Gasteiger partial charge in [-0.1, -0.05) is 23.7 Å². The van der Waals surface area contributed by atoms with Gasteiger partial charge in [-0.05, 0) is 41.6 Å². The van der Waals surface area contributed by atoms with E-state index in [9.17, 15) is 4.79 Å². The minimum atomic E-state index is -0.530. The molecular formula is C19H18ClN3O2S. The summed E-state index contributed by atoms with van der Waals surface area (Å²) in [5, 5.41) is 5.99. The van der Waals surface area contributed by atoms with Crippen LogP contribution in [0.15, 0.2) is 54.0 Å². The summed E-state index contributed by atoms with van der Waals surface area (Å²) in [5.41, 5.74) is 6.59. The number of hydrogen-bond acceptors (Lipinski definition) is 5. The molecule has 2 heterocycles. The van der Waals surface area contributed by atoms with E-state index in [1.807, 2.05) is 18.2 Å². The summed E-state index contributed by atoms with van der Waals surface area (Å²) in [6, 6.07) is 13.0. The fourth-order valence-corrected chi connectivity index (χ4v) is 3.29. The van der Waals surface area contributed by atoms with E-state index in [0.29, 0.717) is 22.2 Å². The van der Waals surface area contributed by atoms with E-state index in [1.54, 1.807) is 23.5 Å². The maximum absolute atomic E-state index is 11.1. The molecule has 1 amide bonds. The van der Waals surface area contributed by atoms with Crippen molar-refractivity contribution in [3.63, 3.8) is 0 Å². The van der Waals surface area contributed by atoms with Crippen LogP contribution >= 0.6 is 22.9 Å². The van der Waals surface area contributed by atoms with Crippen molar-refractivity contribution < 1.29 is 9.53 Å². The zero-order valence-corrected chi connectivity index (χ0v) is 15.5. The molecule has 3 N–H and O–H groups in total. The molecule has 1 aromatic carbocycles. The lowest BCUT2D eigenvalue weighted by molar-refractivity contribution is 0.1000. The SMILES string of the molecule is NC(=O)c1ccc(Oc2ccc(CNCCc3cccs3)cc2Cl)nc1. The lowest BCUT2D eigenvalue weighted by Gasteiger charge is -2.09. The normalized spacial score (nSPS) is 10.7. The second-order valence-corrected chi connectivity index (χ2v) is 7.06. The summed E-state index contributed by atoms with van der Waals surface area (Å²) in [4.78, 5) is 16.5. The number of carbonyl (C=O) groups excluding carboxylic acids is 1. The van der Waals surface area contributed by atoms with Crippen molar-refractivity contribution in [1.82, 2.24) is 10.3 Å². The molecule has 7 heteroatoms. The summed E-state index contributed by atoms with van der Waals surface area (Å²) in [7, 11) is 0. The fourth-order valence-electron chi connectivity index (χ4n) is 2.34. The third-order valence-electron chi connectivity index (χ3n) is 3.69. The average Bonchev–Trinajstić information content (AvgIpc) is 3.15. The van der Waals surface area contributed by atoms with Crippen molar-refractivity contribution in [3.05, 3.63) is 75.1 Å². The van der Waals surface area contributed by atoms with Gasteiger partial charge in [-0.25, -0.2) is 4.98 Å². The number of aromatic nitrogens is 1. The van der Waals surface area contributed by atoms with Crippen LogP contribution in [0.3, 0.4) is 0 Å². The predicted octanol–water partition coefficient (Wildman–Crippen LogP) is 4.02. The molecule has 5 nitrogen and oxygen atoms in total. The van der Waals surface area contributed by atoms with Gasteiger partial charge in [-0.2, -0.15) is 0 Å². The molecule has 2 aromatic heterocycles. The molecule has 0 aliphatic carbocycles. The Morgan fingerprint density at radius 2 is 2.15 bits per heavy atom. The third-order valence-corrected chi connectivity index (χ3v) is 4.92. The Morgan fingerprint density at radius 1 is 1.27 bits per heavy atom. The lowest BCUT2D eigenvalue weighted by Crippen LogP contribution is -2.16. The first kappa shape index (κ1) is 18.4. The Labute approximate surface area is 160 Å². The number of nitrogens with two attached hydrogens (primary N) is 1. The molecule has 0 bridgehead atoms. The summed E-state index contributed by atoms with van der Waals surface area (Å²) in [6.45, 7) is 1.64. The Kier molecular flexibility index (Phi) is 6.22.